The number of nitrogens with one attached hydrogen (secondary N) is 1. The molecule has 0 aliphatic rings. The molecule has 1 rings (SSSR count). The van der Waals surface area contributed by atoms with Gasteiger partial charge in [-0.2, -0.15) is 9.78 Å². The highest BCUT2D eigenvalue weighted by molar-refractivity contribution is 7.78. The van der Waals surface area contributed by atoms with E-state index < -0.39 is 0 Å². The van der Waals surface area contributed by atoms with Gasteiger partial charge in [0.05, 0.1) is 0 Å². The van der Waals surface area contributed by atoms with Gasteiger partial charge in [0.25, 0.3) is 0 Å². The molecule has 9 heavy (non-hydrogen) atoms. The smallest absolute Gasteiger partial charge is 0.283 e. The lowest BCUT2D eigenvalue weighted by Gasteiger charge is -1.93. The highest BCUT2D eigenvalue weighted by atomic mass is 32.1. The molecule has 1 heterocycles. The van der Waals surface area contributed by atoms with Gasteiger partial charge in [0.2, 0.25) is 0 Å². The molecular formula is C4H5N3OS. The summed E-state index contributed by atoms with van der Waals surface area (Å²) in [5, 5.41) is 3.64. The van der Waals surface area contributed by atoms with Crippen molar-refractivity contribution in [3.8, 4) is 0 Å². The van der Waals surface area contributed by atoms with Gasteiger partial charge >= 0.3 is 6.03 Å². The molecule has 1 amide bonds. The molecule has 1 aromatic heterocycles. The molecule has 0 atom stereocenters. The average Bonchev–Trinajstić information content (AvgIpc) is 2.37. The maximum absolute atomic E-state index is 10.6. The highest BCUT2D eigenvalue weighted by Crippen LogP contribution is 1.82. The largest absolute Gasteiger partial charge is 0.351 e. The summed E-state index contributed by atoms with van der Waals surface area (Å²) in [6.45, 7) is 0. The van der Waals surface area contributed by atoms with Crippen LogP contribution in [0, 0.1) is 0 Å². The first-order chi connectivity index (χ1) is 4.34. The molecule has 0 saturated carbocycles. The summed E-state index contributed by atoms with van der Waals surface area (Å²) < 4.78 is 3.27. The van der Waals surface area contributed by atoms with Crippen LogP contribution in [0.2, 0.25) is 0 Å². The zero-order valence-electron chi connectivity index (χ0n) is 4.48. The third-order valence-corrected chi connectivity index (χ3v) is 0.999. The minimum absolute atomic E-state index is 0.358. The van der Waals surface area contributed by atoms with E-state index in [9.17, 15) is 4.79 Å². The monoisotopic (exact) mass is 143 g/mol. The molecule has 5 heteroatoms. The van der Waals surface area contributed by atoms with Crippen LogP contribution in [0.15, 0.2) is 18.5 Å². The second-order valence-corrected chi connectivity index (χ2v) is 1.59. The van der Waals surface area contributed by atoms with Crippen LogP contribution in [0.5, 0.6) is 0 Å². The predicted molar refractivity (Wildman–Crippen MR) is 35.1 cm³/mol. The van der Waals surface area contributed by atoms with Gasteiger partial charge in [-0.05, 0) is 6.07 Å². The molecular weight excluding hydrogens is 138 g/mol. The molecule has 1 aromatic rings. The Balaban J connectivity index is 2.77. The number of amides is 1. The van der Waals surface area contributed by atoms with E-state index in [0.29, 0.717) is 0 Å². The standard InChI is InChI=1S/C4H5N3OS/c8-4(6-9)7-3-1-2-5-7/h1-3,9H,(H,6,8). The van der Waals surface area contributed by atoms with E-state index in [-0.39, 0.29) is 6.03 Å². The SMILES string of the molecule is O=C(NS)n1cccn1. The van der Waals surface area contributed by atoms with Gasteiger partial charge in [-0.15, -0.1) is 0 Å². The quantitative estimate of drug-likeness (QED) is 0.513. The topological polar surface area (TPSA) is 46.9 Å². The molecule has 48 valence electrons. The Bertz CT molecular complexity index is 196. The summed E-state index contributed by atoms with van der Waals surface area (Å²) in [6, 6.07) is 1.30. The van der Waals surface area contributed by atoms with Crippen molar-refractivity contribution in [2.24, 2.45) is 0 Å². The Morgan fingerprint density at radius 3 is 3.00 bits per heavy atom. The van der Waals surface area contributed by atoms with Gasteiger partial charge in [0.1, 0.15) is 0 Å². The van der Waals surface area contributed by atoms with Crippen molar-refractivity contribution in [2.75, 3.05) is 0 Å². The zero-order valence-corrected chi connectivity index (χ0v) is 5.38. The first kappa shape index (κ1) is 6.15. The van der Waals surface area contributed by atoms with Gasteiger partial charge in [-0.1, -0.05) is 12.8 Å². The molecule has 0 fully saturated rings. The number of hydrogen-bond donors (Lipinski definition) is 2. The van der Waals surface area contributed by atoms with Crippen molar-refractivity contribution in [3.63, 3.8) is 0 Å². The lowest BCUT2D eigenvalue weighted by atomic mass is 10.7. The Morgan fingerprint density at radius 1 is 1.78 bits per heavy atom. The van der Waals surface area contributed by atoms with E-state index in [0.717, 1.165) is 4.68 Å². The van der Waals surface area contributed by atoms with Gasteiger partial charge in [0, 0.05) is 12.4 Å². The number of rotatable bonds is 0. The molecule has 4 nitrogen and oxygen atoms in total. The number of aromatic nitrogens is 2. The van der Waals surface area contributed by atoms with Crippen LogP contribution in [0.25, 0.3) is 0 Å². The predicted octanol–water partition coefficient (Wildman–Crippen LogP) is 0.286. The van der Waals surface area contributed by atoms with Gasteiger partial charge in [-0.25, -0.2) is 4.79 Å². The maximum Gasteiger partial charge on any atom is 0.351 e. The van der Waals surface area contributed by atoms with Gasteiger partial charge in [0.15, 0.2) is 0 Å². The van der Waals surface area contributed by atoms with Crippen molar-refractivity contribution in [1.82, 2.24) is 14.5 Å². The number of nitrogens with zero attached hydrogens (tertiary/aromatic N) is 2. The lowest BCUT2D eigenvalue weighted by molar-refractivity contribution is 0.245. The number of thiol groups is 1. The van der Waals surface area contributed by atoms with Crippen molar-refractivity contribution in [1.29, 1.82) is 0 Å². The second-order valence-electron chi connectivity index (χ2n) is 1.37. The fourth-order valence-corrected chi connectivity index (χ4v) is 0.543. The Hall–Kier alpha value is -0.970. The first-order valence-electron chi connectivity index (χ1n) is 2.28. The summed E-state index contributed by atoms with van der Waals surface area (Å²) in [5.74, 6) is 0. The van der Waals surface area contributed by atoms with Crippen molar-refractivity contribution in [2.45, 2.75) is 0 Å². The van der Waals surface area contributed by atoms with Crippen LogP contribution in [0.3, 0.4) is 0 Å². The summed E-state index contributed by atoms with van der Waals surface area (Å²) >= 11 is 3.54. The van der Waals surface area contributed by atoms with Crippen LogP contribution in [-0.4, -0.2) is 15.8 Å². The summed E-state index contributed by atoms with van der Waals surface area (Å²) in [5.41, 5.74) is 0. The molecule has 0 aromatic carbocycles. The van der Waals surface area contributed by atoms with Crippen LogP contribution >= 0.6 is 12.8 Å². The zero-order chi connectivity index (χ0) is 6.69. The molecule has 0 aliphatic heterocycles. The summed E-state index contributed by atoms with van der Waals surface area (Å²) in [7, 11) is 0. The fraction of sp³-hybridized carbons (Fsp3) is 0. The minimum Gasteiger partial charge on any atom is -0.283 e. The first-order valence-corrected chi connectivity index (χ1v) is 2.73. The van der Waals surface area contributed by atoms with E-state index in [1.54, 1.807) is 6.07 Å². The molecule has 0 saturated heterocycles. The maximum atomic E-state index is 10.6. The van der Waals surface area contributed by atoms with Crippen molar-refractivity contribution >= 4 is 18.8 Å². The van der Waals surface area contributed by atoms with Crippen LogP contribution in [0.1, 0.15) is 0 Å². The molecule has 0 aliphatic carbocycles. The van der Waals surface area contributed by atoms with Crippen LogP contribution in [0.4, 0.5) is 4.79 Å². The Kier molecular flexibility index (Phi) is 1.74. The van der Waals surface area contributed by atoms with Crippen LogP contribution < -0.4 is 4.72 Å². The Morgan fingerprint density at radius 2 is 2.56 bits per heavy atom. The van der Waals surface area contributed by atoms with Crippen LogP contribution in [-0.2, 0) is 0 Å². The number of hydrogen-bond acceptors (Lipinski definition) is 3. The molecule has 0 radical (unpaired) electrons. The lowest BCUT2D eigenvalue weighted by Crippen LogP contribution is -2.20. The molecule has 0 bridgehead atoms. The Labute approximate surface area is 57.4 Å². The van der Waals surface area contributed by atoms with Gasteiger partial charge < -0.3 is 0 Å². The van der Waals surface area contributed by atoms with Gasteiger partial charge in [-0.3, -0.25) is 4.72 Å². The number of carbonyl (C=O) groups is 1. The van der Waals surface area contributed by atoms with Crippen molar-refractivity contribution in [3.05, 3.63) is 18.5 Å². The fourth-order valence-electron chi connectivity index (χ4n) is 0.440. The summed E-state index contributed by atoms with van der Waals surface area (Å²) in [6.07, 6.45) is 3.05. The summed E-state index contributed by atoms with van der Waals surface area (Å²) in [4.78, 5) is 10.6. The minimum atomic E-state index is -0.358. The van der Waals surface area contributed by atoms with E-state index in [2.05, 4.69) is 22.6 Å². The van der Waals surface area contributed by atoms with E-state index in [4.69, 9.17) is 0 Å². The highest BCUT2D eigenvalue weighted by Gasteiger charge is 1.97. The molecule has 1 N–H and O–H groups in total. The van der Waals surface area contributed by atoms with Crippen molar-refractivity contribution < 1.29 is 4.79 Å². The van der Waals surface area contributed by atoms with E-state index in [1.165, 1.54) is 12.4 Å². The second kappa shape index (κ2) is 2.54. The third kappa shape index (κ3) is 1.23. The normalized spacial score (nSPS) is 9.00. The third-order valence-electron chi connectivity index (χ3n) is 0.808. The number of carbonyl (C=O) groups excluding carboxylic acids is 1. The molecule has 0 spiro atoms. The average molecular weight is 143 g/mol. The van der Waals surface area contributed by atoms with E-state index >= 15 is 0 Å². The van der Waals surface area contributed by atoms with E-state index in [1.807, 2.05) is 0 Å². The molecule has 0 unspecified atom stereocenters.